The van der Waals surface area contributed by atoms with Gasteiger partial charge in [0.2, 0.25) is 0 Å². The van der Waals surface area contributed by atoms with Crippen molar-refractivity contribution in [3.05, 3.63) is 22.7 Å². The number of hydrogen-bond donors (Lipinski definition) is 0. The van der Waals surface area contributed by atoms with Crippen molar-refractivity contribution in [2.75, 3.05) is 14.2 Å². The predicted octanol–water partition coefficient (Wildman–Crippen LogP) is 3.70. The minimum atomic E-state index is 0.654. The van der Waals surface area contributed by atoms with E-state index in [1.165, 1.54) is 0 Å². The average molecular weight is 253 g/mol. The highest BCUT2D eigenvalue weighted by Gasteiger charge is 2.09. The van der Waals surface area contributed by atoms with Crippen molar-refractivity contribution < 1.29 is 9.47 Å². The maximum Gasteiger partial charge on any atom is 0.162 e. The molecule has 0 spiro atoms. The zero-order valence-corrected chi connectivity index (χ0v) is 11.2. The predicted molar refractivity (Wildman–Crippen MR) is 70.9 cm³/mol. The van der Waals surface area contributed by atoms with Gasteiger partial charge in [-0.15, -0.1) is 11.8 Å². The summed E-state index contributed by atoms with van der Waals surface area (Å²) in [5.41, 5.74) is 1.04. The summed E-state index contributed by atoms with van der Waals surface area (Å²) >= 11 is 6.17. The van der Waals surface area contributed by atoms with E-state index in [1.807, 2.05) is 13.0 Å². The molecule has 1 rings (SSSR count). The molecule has 1 aromatic carbocycles. The molecule has 0 atom stereocenters. The van der Waals surface area contributed by atoms with E-state index < -0.39 is 0 Å². The van der Waals surface area contributed by atoms with Crippen LogP contribution in [0.1, 0.15) is 25.3 Å². The largest absolute Gasteiger partial charge is 0.493 e. The van der Waals surface area contributed by atoms with Crippen LogP contribution in [0, 0.1) is 11.8 Å². The van der Waals surface area contributed by atoms with Crippen LogP contribution in [0.5, 0.6) is 11.5 Å². The summed E-state index contributed by atoms with van der Waals surface area (Å²) in [5.74, 6) is 7.49. The van der Waals surface area contributed by atoms with Gasteiger partial charge in [0.25, 0.3) is 0 Å². The van der Waals surface area contributed by atoms with Crippen LogP contribution >= 0.6 is 11.6 Å². The minimum absolute atomic E-state index is 0.654. The second-order valence-corrected chi connectivity index (χ2v) is 3.91. The Hall–Kier alpha value is -1.33. The fourth-order valence-corrected chi connectivity index (χ4v) is 1.75. The summed E-state index contributed by atoms with van der Waals surface area (Å²) in [7, 11) is 3.22. The van der Waals surface area contributed by atoms with Crippen LogP contribution in [0.2, 0.25) is 5.02 Å². The highest BCUT2D eigenvalue weighted by molar-refractivity contribution is 6.31. The van der Waals surface area contributed by atoms with Crippen LogP contribution in [0.4, 0.5) is 0 Å². The maximum atomic E-state index is 6.17. The van der Waals surface area contributed by atoms with Gasteiger partial charge in [-0.2, -0.15) is 0 Å². The molecule has 2 nitrogen and oxygen atoms in total. The lowest BCUT2D eigenvalue weighted by Gasteiger charge is -2.10. The van der Waals surface area contributed by atoms with Gasteiger partial charge in [0, 0.05) is 23.9 Å². The van der Waals surface area contributed by atoms with Crippen molar-refractivity contribution in [3.8, 4) is 23.3 Å². The van der Waals surface area contributed by atoms with E-state index in [2.05, 4.69) is 11.8 Å². The van der Waals surface area contributed by atoms with Crippen molar-refractivity contribution in [3.63, 3.8) is 0 Å². The fourth-order valence-electron chi connectivity index (χ4n) is 1.50. The number of benzene rings is 1. The molecular weight excluding hydrogens is 236 g/mol. The van der Waals surface area contributed by atoms with Crippen molar-refractivity contribution >= 4 is 11.6 Å². The van der Waals surface area contributed by atoms with Gasteiger partial charge in [-0.3, -0.25) is 0 Å². The summed E-state index contributed by atoms with van der Waals surface area (Å²) in [6, 6.07) is 3.69. The molecule has 0 fully saturated rings. The molecule has 0 heterocycles. The van der Waals surface area contributed by atoms with Crippen molar-refractivity contribution in [2.45, 2.75) is 26.2 Å². The lowest BCUT2D eigenvalue weighted by molar-refractivity contribution is 0.354. The van der Waals surface area contributed by atoms with Gasteiger partial charge in [0.1, 0.15) is 0 Å². The van der Waals surface area contributed by atoms with Crippen LogP contribution in [-0.4, -0.2) is 14.2 Å². The molecule has 0 N–H and O–H groups in total. The number of rotatable bonds is 4. The van der Waals surface area contributed by atoms with Gasteiger partial charge in [-0.1, -0.05) is 18.5 Å². The SMILES string of the molecule is CCC#CCCc1cc(OC)c(OC)cc1Cl. The Morgan fingerprint density at radius 1 is 1.12 bits per heavy atom. The quantitative estimate of drug-likeness (QED) is 0.761. The Bertz CT molecular complexity index is 430. The van der Waals surface area contributed by atoms with Gasteiger partial charge in [-0.25, -0.2) is 0 Å². The van der Waals surface area contributed by atoms with E-state index in [4.69, 9.17) is 21.1 Å². The first-order valence-corrected chi connectivity index (χ1v) is 5.96. The van der Waals surface area contributed by atoms with Crippen molar-refractivity contribution in [1.29, 1.82) is 0 Å². The lowest BCUT2D eigenvalue weighted by atomic mass is 10.1. The second-order valence-electron chi connectivity index (χ2n) is 3.51. The Balaban J connectivity index is 2.85. The van der Waals surface area contributed by atoms with E-state index in [9.17, 15) is 0 Å². The molecule has 0 unspecified atom stereocenters. The Labute approximate surface area is 108 Å². The smallest absolute Gasteiger partial charge is 0.162 e. The molecular formula is C14H17ClO2. The standard InChI is InChI=1S/C14H17ClO2/c1-4-5-6-7-8-11-9-13(16-2)14(17-3)10-12(11)15/h9-10H,4,7-8H2,1-3H3. The molecule has 0 saturated heterocycles. The van der Waals surface area contributed by atoms with E-state index in [0.717, 1.165) is 24.8 Å². The number of ether oxygens (including phenoxy) is 2. The van der Waals surface area contributed by atoms with Crippen LogP contribution < -0.4 is 9.47 Å². The highest BCUT2D eigenvalue weighted by atomic mass is 35.5. The van der Waals surface area contributed by atoms with Crippen molar-refractivity contribution in [1.82, 2.24) is 0 Å². The second kappa shape index (κ2) is 7.09. The van der Waals surface area contributed by atoms with E-state index >= 15 is 0 Å². The third kappa shape index (κ3) is 3.87. The molecule has 0 aromatic heterocycles. The maximum absolute atomic E-state index is 6.17. The molecule has 3 heteroatoms. The molecule has 0 bridgehead atoms. The average Bonchev–Trinajstić information content (AvgIpc) is 2.35. The summed E-state index contributed by atoms with van der Waals surface area (Å²) < 4.78 is 10.4. The third-order valence-corrected chi connectivity index (χ3v) is 2.73. The van der Waals surface area contributed by atoms with Crippen LogP contribution in [0.3, 0.4) is 0 Å². The number of methoxy groups -OCH3 is 2. The molecule has 17 heavy (non-hydrogen) atoms. The molecule has 0 aliphatic carbocycles. The van der Waals surface area contributed by atoms with E-state index in [-0.39, 0.29) is 0 Å². The molecule has 0 amide bonds. The van der Waals surface area contributed by atoms with Gasteiger partial charge < -0.3 is 9.47 Å². The highest BCUT2D eigenvalue weighted by Crippen LogP contribution is 2.33. The van der Waals surface area contributed by atoms with Crippen molar-refractivity contribution in [2.24, 2.45) is 0 Å². The van der Waals surface area contributed by atoms with Gasteiger partial charge >= 0.3 is 0 Å². The van der Waals surface area contributed by atoms with E-state index in [1.54, 1.807) is 20.3 Å². The Kier molecular flexibility index (Phi) is 5.72. The van der Waals surface area contributed by atoms with Gasteiger partial charge in [0.15, 0.2) is 11.5 Å². The number of halogens is 1. The normalized spacial score (nSPS) is 9.41. The first-order valence-electron chi connectivity index (χ1n) is 5.59. The zero-order valence-electron chi connectivity index (χ0n) is 10.5. The monoisotopic (exact) mass is 252 g/mol. The van der Waals surface area contributed by atoms with Crippen LogP contribution in [0.25, 0.3) is 0 Å². The Morgan fingerprint density at radius 3 is 2.35 bits per heavy atom. The zero-order chi connectivity index (χ0) is 12.7. The lowest BCUT2D eigenvalue weighted by Crippen LogP contribution is -1.94. The van der Waals surface area contributed by atoms with E-state index in [0.29, 0.717) is 16.5 Å². The molecule has 0 aliphatic heterocycles. The first-order chi connectivity index (χ1) is 8.22. The van der Waals surface area contributed by atoms with Gasteiger partial charge in [-0.05, 0) is 18.1 Å². The molecule has 0 radical (unpaired) electrons. The minimum Gasteiger partial charge on any atom is -0.493 e. The third-order valence-electron chi connectivity index (χ3n) is 2.37. The summed E-state index contributed by atoms with van der Waals surface area (Å²) in [4.78, 5) is 0. The number of aryl methyl sites for hydroxylation is 1. The summed E-state index contributed by atoms with van der Waals surface area (Å²) in [6.07, 6.45) is 2.52. The summed E-state index contributed by atoms with van der Waals surface area (Å²) in [6.45, 7) is 2.04. The fraction of sp³-hybridized carbons (Fsp3) is 0.429. The molecule has 92 valence electrons. The van der Waals surface area contributed by atoms with Crippen LogP contribution in [0.15, 0.2) is 12.1 Å². The molecule has 0 saturated carbocycles. The topological polar surface area (TPSA) is 18.5 Å². The number of hydrogen-bond acceptors (Lipinski definition) is 2. The first kappa shape index (κ1) is 13.7. The summed E-state index contributed by atoms with van der Waals surface area (Å²) in [5, 5.41) is 0.695. The molecule has 1 aromatic rings. The van der Waals surface area contributed by atoms with Crippen LogP contribution in [-0.2, 0) is 6.42 Å². The molecule has 0 aliphatic rings. The van der Waals surface area contributed by atoms with Gasteiger partial charge in [0.05, 0.1) is 14.2 Å². The Morgan fingerprint density at radius 2 is 1.76 bits per heavy atom.